The Morgan fingerprint density at radius 1 is 1.62 bits per heavy atom. The lowest BCUT2D eigenvalue weighted by molar-refractivity contribution is 0.517. The van der Waals surface area contributed by atoms with Crippen molar-refractivity contribution in [3.63, 3.8) is 0 Å². The average molecular weight is 203 g/mol. The van der Waals surface area contributed by atoms with E-state index < -0.39 is 9.84 Å². The second kappa shape index (κ2) is 4.24. The van der Waals surface area contributed by atoms with Gasteiger partial charge in [-0.1, -0.05) is 11.6 Å². The van der Waals surface area contributed by atoms with Crippen LogP contribution in [0, 0.1) is 0 Å². The minimum atomic E-state index is -2.86. The molecule has 0 aromatic rings. The number of nitrogens with two attached hydrogens (primary N) is 1. The van der Waals surface area contributed by atoms with E-state index in [1.54, 1.807) is 0 Å². The van der Waals surface area contributed by atoms with Crippen molar-refractivity contribution in [1.29, 1.82) is 0 Å². The molecule has 1 aliphatic rings. The van der Waals surface area contributed by atoms with E-state index in [0.717, 1.165) is 25.7 Å². The van der Waals surface area contributed by atoms with Crippen molar-refractivity contribution in [3.8, 4) is 0 Å². The number of hydrogen-bond donors (Lipinski definition) is 1. The van der Waals surface area contributed by atoms with Gasteiger partial charge in [0, 0.05) is 12.3 Å². The van der Waals surface area contributed by atoms with Crippen LogP contribution in [0.4, 0.5) is 0 Å². The summed E-state index contributed by atoms with van der Waals surface area (Å²) in [5, 5.41) is 0. The van der Waals surface area contributed by atoms with E-state index in [4.69, 9.17) is 5.73 Å². The first-order valence-corrected chi connectivity index (χ1v) is 6.64. The molecule has 4 heteroatoms. The van der Waals surface area contributed by atoms with Crippen LogP contribution in [-0.4, -0.2) is 26.5 Å². The molecule has 0 heterocycles. The Hall–Kier alpha value is -0.350. The van der Waals surface area contributed by atoms with E-state index in [1.807, 2.05) is 6.08 Å². The molecule has 13 heavy (non-hydrogen) atoms. The second-order valence-corrected chi connectivity index (χ2v) is 6.00. The maximum Gasteiger partial charge on any atom is 0.151 e. The molecule has 1 atom stereocenters. The molecule has 1 unspecified atom stereocenters. The van der Waals surface area contributed by atoms with E-state index in [2.05, 4.69) is 0 Å². The molecule has 0 aliphatic heterocycles. The molecular formula is C9H17NO2S. The zero-order valence-corrected chi connectivity index (χ0v) is 8.81. The minimum absolute atomic E-state index is 0.162. The van der Waals surface area contributed by atoms with Crippen molar-refractivity contribution < 1.29 is 8.42 Å². The Bertz CT molecular complexity index is 293. The molecule has 3 nitrogen and oxygen atoms in total. The summed E-state index contributed by atoms with van der Waals surface area (Å²) in [4.78, 5) is 0. The predicted octanol–water partition coefficient (Wildman–Crippen LogP) is 0.859. The first-order valence-electron chi connectivity index (χ1n) is 4.58. The summed E-state index contributed by atoms with van der Waals surface area (Å²) in [5.74, 6) is 0.162. The maximum atomic E-state index is 10.9. The van der Waals surface area contributed by atoms with Crippen molar-refractivity contribution in [3.05, 3.63) is 11.6 Å². The largest absolute Gasteiger partial charge is 0.327 e. The molecule has 2 N–H and O–H groups in total. The second-order valence-electron chi connectivity index (χ2n) is 3.81. The van der Waals surface area contributed by atoms with Gasteiger partial charge in [-0.15, -0.1) is 0 Å². The van der Waals surface area contributed by atoms with Gasteiger partial charge in [-0.3, -0.25) is 0 Å². The standard InChI is InChI=1S/C9H17NO2S/c1-13(11,12)6-5-8-3-2-4-9(10)7-8/h5,9H,2-4,6-7,10H2,1H3. The molecule has 0 saturated heterocycles. The van der Waals surface area contributed by atoms with Crippen LogP contribution in [0.5, 0.6) is 0 Å². The van der Waals surface area contributed by atoms with Gasteiger partial charge in [0.1, 0.15) is 0 Å². The molecule has 1 aliphatic carbocycles. The summed E-state index contributed by atoms with van der Waals surface area (Å²) >= 11 is 0. The van der Waals surface area contributed by atoms with Gasteiger partial charge in [0.25, 0.3) is 0 Å². The molecule has 0 spiro atoms. The van der Waals surface area contributed by atoms with E-state index in [-0.39, 0.29) is 11.8 Å². The summed E-state index contributed by atoms with van der Waals surface area (Å²) in [7, 11) is -2.86. The fraction of sp³-hybridized carbons (Fsp3) is 0.778. The molecule has 0 radical (unpaired) electrons. The monoisotopic (exact) mass is 203 g/mol. The highest BCUT2D eigenvalue weighted by atomic mass is 32.2. The van der Waals surface area contributed by atoms with Crippen LogP contribution in [0.1, 0.15) is 25.7 Å². The molecule has 0 aromatic heterocycles. The summed E-state index contributed by atoms with van der Waals surface area (Å²) in [6.45, 7) is 0. The van der Waals surface area contributed by atoms with E-state index >= 15 is 0 Å². The fourth-order valence-electron chi connectivity index (χ4n) is 1.59. The Kier molecular flexibility index (Phi) is 3.50. The van der Waals surface area contributed by atoms with Gasteiger partial charge in [0.15, 0.2) is 9.84 Å². The molecule has 1 rings (SSSR count). The predicted molar refractivity (Wildman–Crippen MR) is 54.2 cm³/mol. The van der Waals surface area contributed by atoms with Crippen molar-refractivity contribution in [2.24, 2.45) is 5.73 Å². The highest BCUT2D eigenvalue weighted by Gasteiger charge is 2.13. The fourth-order valence-corrected chi connectivity index (χ4v) is 2.13. The van der Waals surface area contributed by atoms with Crippen LogP contribution in [-0.2, 0) is 9.84 Å². The third kappa shape index (κ3) is 4.43. The summed E-state index contributed by atoms with van der Waals surface area (Å²) in [6, 6.07) is 0.236. The molecular weight excluding hydrogens is 186 g/mol. The van der Waals surface area contributed by atoms with E-state index in [1.165, 1.54) is 11.8 Å². The highest BCUT2D eigenvalue weighted by Crippen LogP contribution is 2.21. The lowest BCUT2D eigenvalue weighted by atomic mass is 9.91. The first-order chi connectivity index (χ1) is 5.97. The maximum absolute atomic E-state index is 10.9. The van der Waals surface area contributed by atoms with Crippen LogP contribution >= 0.6 is 0 Å². The van der Waals surface area contributed by atoms with Crippen molar-refractivity contribution >= 4 is 9.84 Å². The van der Waals surface area contributed by atoms with Gasteiger partial charge in [-0.2, -0.15) is 0 Å². The van der Waals surface area contributed by atoms with E-state index in [9.17, 15) is 8.42 Å². The zero-order valence-electron chi connectivity index (χ0n) is 7.99. The average Bonchev–Trinajstić information content (AvgIpc) is 2.00. The lowest BCUT2D eigenvalue weighted by Crippen LogP contribution is -2.24. The van der Waals surface area contributed by atoms with Gasteiger partial charge in [-0.05, 0) is 25.7 Å². The Balaban J connectivity index is 2.51. The summed E-state index contributed by atoms with van der Waals surface area (Å²) in [6.07, 6.45) is 7.13. The van der Waals surface area contributed by atoms with Crippen LogP contribution in [0.15, 0.2) is 11.6 Å². The number of rotatable bonds is 2. The van der Waals surface area contributed by atoms with Gasteiger partial charge < -0.3 is 5.73 Å². The summed E-state index contributed by atoms with van der Waals surface area (Å²) < 4.78 is 21.8. The number of hydrogen-bond acceptors (Lipinski definition) is 3. The summed E-state index contributed by atoms with van der Waals surface area (Å²) in [5.41, 5.74) is 6.99. The van der Waals surface area contributed by atoms with Gasteiger partial charge in [-0.25, -0.2) is 8.42 Å². The Morgan fingerprint density at radius 2 is 2.31 bits per heavy atom. The molecule has 76 valence electrons. The molecule has 1 saturated carbocycles. The van der Waals surface area contributed by atoms with Gasteiger partial charge >= 0.3 is 0 Å². The van der Waals surface area contributed by atoms with Crippen molar-refractivity contribution in [2.45, 2.75) is 31.7 Å². The molecule has 0 amide bonds. The molecule has 0 bridgehead atoms. The smallest absolute Gasteiger partial charge is 0.151 e. The van der Waals surface area contributed by atoms with E-state index in [0.29, 0.717) is 0 Å². The van der Waals surface area contributed by atoms with Crippen LogP contribution in [0.25, 0.3) is 0 Å². The van der Waals surface area contributed by atoms with Gasteiger partial charge in [0.2, 0.25) is 0 Å². The first kappa shape index (κ1) is 10.7. The topological polar surface area (TPSA) is 60.2 Å². The van der Waals surface area contributed by atoms with Crippen LogP contribution < -0.4 is 5.73 Å². The van der Waals surface area contributed by atoms with Crippen molar-refractivity contribution in [2.75, 3.05) is 12.0 Å². The van der Waals surface area contributed by atoms with Crippen molar-refractivity contribution in [1.82, 2.24) is 0 Å². The zero-order chi connectivity index (χ0) is 9.90. The Morgan fingerprint density at radius 3 is 2.85 bits per heavy atom. The third-order valence-corrected chi connectivity index (χ3v) is 3.04. The SMILES string of the molecule is CS(=O)(=O)CC=C1CCCC(N)C1. The number of sulfone groups is 1. The minimum Gasteiger partial charge on any atom is -0.327 e. The highest BCUT2D eigenvalue weighted by molar-refractivity contribution is 7.90. The molecule has 0 aromatic carbocycles. The third-order valence-electron chi connectivity index (χ3n) is 2.27. The quantitative estimate of drug-likeness (QED) is 0.677. The van der Waals surface area contributed by atoms with Crippen LogP contribution in [0.2, 0.25) is 0 Å². The normalized spacial score (nSPS) is 27.8. The lowest BCUT2D eigenvalue weighted by Gasteiger charge is -2.20. The van der Waals surface area contributed by atoms with Gasteiger partial charge in [0.05, 0.1) is 5.75 Å². The molecule has 1 fully saturated rings. The van der Waals surface area contributed by atoms with Crippen LogP contribution in [0.3, 0.4) is 0 Å². The Labute approximate surface area is 79.9 Å².